The Morgan fingerprint density at radius 1 is 1.21 bits per heavy atom. The number of carbonyl (C=O) groups is 1. The van der Waals surface area contributed by atoms with Gasteiger partial charge in [-0.05, 0) is 13.0 Å². The predicted molar refractivity (Wildman–Crippen MR) is 106 cm³/mol. The van der Waals surface area contributed by atoms with Crippen molar-refractivity contribution in [2.24, 2.45) is 0 Å². The topological polar surface area (TPSA) is 75.4 Å². The molecule has 1 saturated heterocycles. The number of carbonyl (C=O) groups excluding carboxylic acids is 1. The van der Waals surface area contributed by atoms with Crippen LogP contribution in [0.3, 0.4) is 0 Å². The van der Waals surface area contributed by atoms with Crippen LogP contribution in [-0.2, 0) is 0 Å². The first-order valence-corrected chi connectivity index (χ1v) is 9.60. The Hall–Kier alpha value is -2.52. The SMILES string of the molecule is Cc1cc(NC(=O)c2c(Cl)cc(Cl)n3ccnc23)nc(N2CCC(F)(F)CC2)n1. The summed E-state index contributed by atoms with van der Waals surface area (Å²) in [5.41, 5.74) is 1.05. The molecular weight excluding hydrogens is 425 g/mol. The van der Waals surface area contributed by atoms with E-state index in [9.17, 15) is 13.6 Å². The van der Waals surface area contributed by atoms with Gasteiger partial charge in [0, 0.05) is 50.1 Å². The van der Waals surface area contributed by atoms with E-state index in [0.717, 1.165) is 0 Å². The van der Waals surface area contributed by atoms with Crippen molar-refractivity contribution in [3.63, 3.8) is 0 Å². The molecular formula is C18H16Cl2F2N6O. The molecule has 0 aromatic carbocycles. The van der Waals surface area contributed by atoms with E-state index in [4.69, 9.17) is 23.2 Å². The number of hydrogen-bond donors (Lipinski definition) is 1. The van der Waals surface area contributed by atoms with Gasteiger partial charge in [0.1, 0.15) is 16.5 Å². The number of aryl methyl sites for hydroxylation is 1. The lowest BCUT2D eigenvalue weighted by atomic mass is 10.1. The van der Waals surface area contributed by atoms with E-state index in [2.05, 4.69) is 20.3 Å². The zero-order chi connectivity index (χ0) is 20.8. The normalized spacial score (nSPS) is 16.2. The summed E-state index contributed by atoms with van der Waals surface area (Å²) in [5, 5.41) is 3.16. The van der Waals surface area contributed by atoms with Gasteiger partial charge in [0.05, 0.1) is 5.02 Å². The summed E-state index contributed by atoms with van der Waals surface area (Å²) in [4.78, 5) is 27.3. The number of halogens is 4. The number of nitrogens with zero attached hydrogens (tertiary/aromatic N) is 5. The average Bonchev–Trinajstić information content (AvgIpc) is 3.11. The lowest BCUT2D eigenvalue weighted by Gasteiger charge is -2.31. The molecule has 1 aliphatic heterocycles. The van der Waals surface area contributed by atoms with Crippen LogP contribution in [0.15, 0.2) is 24.5 Å². The lowest BCUT2D eigenvalue weighted by molar-refractivity contribution is -0.0222. The van der Waals surface area contributed by atoms with Crippen LogP contribution in [0, 0.1) is 6.92 Å². The molecule has 7 nitrogen and oxygen atoms in total. The lowest BCUT2D eigenvalue weighted by Crippen LogP contribution is -2.40. The molecule has 1 amide bonds. The minimum absolute atomic E-state index is 0.140. The van der Waals surface area contributed by atoms with Gasteiger partial charge >= 0.3 is 0 Å². The second-order valence-corrected chi connectivity index (χ2v) is 7.60. The molecule has 0 saturated carbocycles. The molecule has 4 heterocycles. The van der Waals surface area contributed by atoms with Crippen LogP contribution in [0.25, 0.3) is 5.65 Å². The average molecular weight is 441 g/mol. The van der Waals surface area contributed by atoms with Crippen molar-refractivity contribution in [2.75, 3.05) is 23.3 Å². The molecule has 1 aliphatic rings. The number of piperidine rings is 1. The summed E-state index contributed by atoms with van der Waals surface area (Å²) < 4.78 is 28.4. The van der Waals surface area contributed by atoms with Gasteiger partial charge in [0.15, 0.2) is 5.65 Å². The molecule has 3 aromatic rings. The first kappa shape index (κ1) is 19.8. The Morgan fingerprint density at radius 3 is 2.66 bits per heavy atom. The van der Waals surface area contributed by atoms with E-state index in [-0.39, 0.29) is 42.3 Å². The van der Waals surface area contributed by atoms with E-state index >= 15 is 0 Å². The maximum absolute atomic E-state index is 13.4. The molecule has 3 aromatic heterocycles. The van der Waals surface area contributed by atoms with Crippen molar-refractivity contribution < 1.29 is 13.6 Å². The Bertz CT molecular complexity index is 1090. The number of rotatable bonds is 3. The number of nitrogens with one attached hydrogen (secondary N) is 1. The molecule has 0 radical (unpaired) electrons. The van der Waals surface area contributed by atoms with Crippen molar-refractivity contribution in [1.29, 1.82) is 0 Å². The van der Waals surface area contributed by atoms with Crippen molar-refractivity contribution >= 4 is 46.5 Å². The quantitative estimate of drug-likeness (QED) is 0.616. The first-order chi connectivity index (χ1) is 13.7. The van der Waals surface area contributed by atoms with Gasteiger partial charge in [-0.25, -0.2) is 18.7 Å². The second kappa shape index (κ2) is 7.38. The van der Waals surface area contributed by atoms with Gasteiger partial charge < -0.3 is 10.2 Å². The van der Waals surface area contributed by atoms with Gasteiger partial charge in [-0.2, -0.15) is 4.98 Å². The number of amides is 1. The number of anilines is 2. The first-order valence-electron chi connectivity index (χ1n) is 8.84. The van der Waals surface area contributed by atoms with Gasteiger partial charge in [0.25, 0.3) is 11.8 Å². The van der Waals surface area contributed by atoms with Gasteiger partial charge in [0.2, 0.25) is 5.95 Å². The number of hydrogen-bond acceptors (Lipinski definition) is 5. The third kappa shape index (κ3) is 3.97. The summed E-state index contributed by atoms with van der Waals surface area (Å²) in [6.45, 7) is 2.02. The fraction of sp³-hybridized carbons (Fsp3) is 0.333. The van der Waals surface area contributed by atoms with Gasteiger partial charge in [-0.15, -0.1) is 0 Å². The Kier molecular flexibility index (Phi) is 5.04. The number of imidazole rings is 1. The standard InChI is InChI=1S/C18H16Cl2F2N6O/c1-10-8-13(26-17(24-10)27-5-2-18(21,22)3-6-27)25-16(29)14-11(19)9-12(20)28-7-4-23-15(14)28/h4,7-9H,2-3,5-6H2,1H3,(H,24,25,26,29). The number of alkyl halides is 2. The summed E-state index contributed by atoms with van der Waals surface area (Å²) >= 11 is 12.3. The molecule has 0 bridgehead atoms. The van der Waals surface area contributed by atoms with Crippen LogP contribution in [0.2, 0.25) is 10.2 Å². The molecule has 1 N–H and O–H groups in total. The van der Waals surface area contributed by atoms with Crippen LogP contribution < -0.4 is 10.2 Å². The Morgan fingerprint density at radius 2 is 1.93 bits per heavy atom. The van der Waals surface area contributed by atoms with Crippen LogP contribution in [-0.4, -0.2) is 44.3 Å². The van der Waals surface area contributed by atoms with Gasteiger partial charge in [-0.3, -0.25) is 9.20 Å². The molecule has 0 spiro atoms. The molecule has 4 rings (SSSR count). The highest BCUT2D eigenvalue weighted by molar-refractivity contribution is 6.37. The molecule has 0 atom stereocenters. The van der Waals surface area contributed by atoms with Crippen LogP contribution in [0.4, 0.5) is 20.5 Å². The van der Waals surface area contributed by atoms with Crippen molar-refractivity contribution in [3.8, 4) is 0 Å². The van der Waals surface area contributed by atoms with E-state index in [1.165, 1.54) is 16.7 Å². The fourth-order valence-corrected chi connectivity index (χ4v) is 3.77. The van der Waals surface area contributed by atoms with Crippen LogP contribution in [0.1, 0.15) is 28.9 Å². The largest absolute Gasteiger partial charge is 0.340 e. The minimum Gasteiger partial charge on any atom is -0.340 e. The zero-order valence-electron chi connectivity index (χ0n) is 15.3. The number of pyridine rings is 1. The van der Waals surface area contributed by atoms with Gasteiger partial charge in [-0.1, -0.05) is 23.2 Å². The van der Waals surface area contributed by atoms with Crippen LogP contribution in [0.5, 0.6) is 0 Å². The van der Waals surface area contributed by atoms with Crippen molar-refractivity contribution in [3.05, 3.63) is 46.0 Å². The van der Waals surface area contributed by atoms with Crippen molar-refractivity contribution in [1.82, 2.24) is 19.4 Å². The zero-order valence-corrected chi connectivity index (χ0v) is 16.8. The van der Waals surface area contributed by atoms with E-state index in [0.29, 0.717) is 22.4 Å². The fourth-order valence-electron chi connectivity index (χ4n) is 3.19. The van der Waals surface area contributed by atoms with E-state index in [1.54, 1.807) is 24.1 Å². The Balaban J connectivity index is 1.61. The molecule has 1 fully saturated rings. The summed E-state index contributed by atoms with van der Waals surface area (Å²) in [6, 6.07) is 3.05. The van der Waals surface area contributed by atoms with Crippen molar-refractivity contribution in [2.45, 2.75) is 25.7 Å². The highest BCUT2D eigenvalue weighted by atomic mass is 35.5. The third-order valence-electron chi connectivity index (χ3n) is 4.67. The van der Waals surface area contributed by atoms with Crippen LogP contribution >= 0.6 is 23.2 Å². The molecule has 0 aliphatic carbocycles. The third-order valence-corrected chi connectivity index (χ3v) is 5.26. The maximum atomic E-state index is 13.4. The summed E-state index contributed by atoms with van der Waals surface area (Å²) in [5.74, 6) is -2.65. The molecule has 11 heteroatoms. The molecule has 29 heavy (non-hydrogen) atoms. The number of aromatic nitrogens is 4. The van der Waals surface area contributed by atoms with E-state index in [1.807, 2.05) is 0 Å². The summed E-state index contributed by atoms with van der Waals surface area (Å²) in [6.07, 6.45) is 2.60. The number of fused-ring (bicyclic) bond motifs is 1. The monoisotopic (exact) mass is 440 g/mol. The summed E-state index contributed by atoms with van der Waals surface area (Å²) in [7, 11) is 0. The molecule has 0 unspecified atom stereocenters. The smallest absolute Gasteiger partial charge is 0.262 e. The highest BCUT2D eigenvalue weighted by Gasteiger charge is 2.35. The highest BCUT2D eigenvalue weighted by Crippen LogP contribution is 2.30. The predicted octanol–water partition coefficient (Wildman–Crippen LogP) is 4.23. The maximum Gasteiger partial charge on any atom is 0.262 e. The minimum atomic E-state index is -2.67. The molecule has 152 valence electrons. The second-order valence-electron chi connectivity index (χ2n) is 6.80. The van der Waals surface area contributed by atoms with E-state index < -0.39 is 11.8 Å². The Labute approximate surface area is 174 Å².